The SMILES string of the molecule is Cc1cccc(NC(=O)COc2ccc(Cl)cc2/C=C2\SC(=O)N(Cc3ccccc3)C2=O)c1. The molecule has 3 amide bonds. The van der Waals surface area contributed by atoms with Crippen LogP contribution in [-0.4, -0.2) is 28.6 Å². The molecule has 1 N–H and O–H groups in total. The predicted molar refractivity (Wildman–Crippen MR) is 135 cm³/mol. The lowest BCUT2D eigenvalue weighted by atomic mass is 10.1. The summed E-state index contributed by atoms with van der Waals surface area (Å²) in [5.41, 5.74) is 3.07. The molecule has 6 nitrogen and oxygen atoms in total. The molecule has 0 bridgehead atoms. The summed E-state index contributed by atoms with van der Waals surface area (Å²) >= 11 is 7.01. The average molecular weight is 493 g/mol. The van der Waals surface area contributed by atoms with E-state index in [0.29, 0.717) is 22.0 Å². The lowest BCUT2D eigenvalue weighted by Gasteiger charge is -2.12. The fourth-order valence-corrected chi connectivity index (χ4v) is 4.38. The van der Waals surface area contributed by atoms with Gasteiger partial charge in [0.25, 0.3) is 17.1 Å². The number of nitrogens with one attached hydrogen (secondary N) is 1. The number of rotatable bonds is 7. The molecule has 0 spiro atoms. The van der Waals surface area contributed by atoms with Crippen LogP contribution in [0.2, 0.25) is 5.02 Å². The highest BCUT2D eigenvalue weighted by atomic mass is 35.5. The minimum absolute atomic E-state index is 0.195. The number of carbonyl (C=O) groups is 3. The van der Waals surface area contributed by atoms with Gasteiger partial charge in [-0.25, -0.2) is 0 Å². The Morgan fingerprint density at radius 2 is 1.85 bits per heavy atom. The summed E-state index contributed by atoms with van der Waals surface area (Å²) in [4.78, 5) is 39.2. The second-order valence-corrected chi connectivity index (χ2v) is 9.07. The number of ether oxygens (including phenoxy) is 1. The summed E-state index contributed by atoms with van der Waals surface area (Å²) in [5.74, 6) is -0.338. The number of hydrogen-bond donors (Lipinski definition) is 1. The van der Waals surface area contributed by atoms with Crippen molar-refractivity contribution in [3.63, 3.8) is 0 Å². The van der Waals surface area contributed by atoms with Gasteiger partial charge in [0.2, 0.25) is 0 Å². The zero-order chi connectivity index (χ0) is 24.1. The topological polar surface area (TPSA) is 75.7 Å². The van der Waals surface area contributed by atoms with E-state index in [-0.39, 0.29) is 35.1 Å². The van der Waals surface area contributed by atoms with Crippen molar-refractivity contribution in [3.05, 3.63) is 99.4 Å². The van der Waals surface area contributed by atoms with E-state index in [4.69, 9.17) is 16.3 Å². The summed E-state index contributed by atoms with van der Waals surface area (Å²) in [7, 11) is 0. The summed E-state index contributed by atoms with van der Waals surface area (Å²) in [5, 5.41) is 2.87. The van der Waals surface area contributed by atoms with Gasteiger partial charge in [0.1, 0.15) is 5.75 Å². The molecule has 0 atom stereocenters. The Morgan fingerprint density at radius 3 is 2.62 bits per heavy atom. The number of benzene rings is 3. The maximum absolute atomic E-state index is 12.9. The van der Waals surface area contributed by atoms with Gasteiger partial charge in [-0.15, -0.1) is 0 Å². The van der Waals surface area contributed by atoms with E-state index < -0.39 is 0 Å². The van der Waals surface area contributed by atoms with Crippen LogP contribution in [0, 0.1) is 6.92 Å². The molecule has 4 rings (SSSR count). The molecule has 3 aromatic rings. The zero-order valence-electron chi connectivity index (χ0n) is 18.3. The van der Waals surface area contributed by atoms with Crippen LogP contribution in [0.15, 0.2) is 77.7 Å². The van der Waals surface area contributed by atoms with Crippen molar-refractivity contribution < 1.29 is 19.1 Å². The van der Waals surface area contributed by atoms with Crippen molar-refractivity contribution in [1.82, 2.24) is 4.90 Å². The van der Waals surface area contributed by atoms with Crippen LogP contribution < -0.4 is 10.1 Å². The first-order valence-corrected chi connectivity index (χ1v) is 11.7. The monoisotopic (exact) mass is 492 g/mol. The lowest BCUT2D eigenvalue weighted by Crippen LogP contribution is -2.27. The quantitative estimate of drug-likeness (QED) is 0.415. The maximum Gasteiger partial charge on any atom is 0.293 e. The van der Waals surface area contributed by atoms with E-state index in [9.17, 15) is 14.4 Å². The van der Waals surface area contributed by atoms with Gasteiger partial charge < -0.3 is 10.1 Å². The van der Waals surface area contributed by atoms with Crippen LogP contribution in [0.4, 0.5) is 10.5 Å². The van der Waals surface area contributed by atoms with E-state index in [1.54, 1.807) is 30.3 Å². The Hall–Kier alpha value is -3.55. The first-order valence-electron chi connectivity index (χ1n) is 10.5. The van der Waals surface area contributed by atoms with Crippen molar-refractivity contribution in [3.8, 4) is 5.75 Å². The lowest BCUT2D eigenvalue weighted by molar-refractivity contribution is -0.123. The number of nitrogens with zero attached hydrogens (tertiary/aromatic N) is 1. The van der Waals surface area contributed by atoms with Crippen LogP contribution in [-0.2, 0) is 16.1 Å². The van der Waals surface area contributed by atoms with Gasteiger partial charge in [-0.2, -0.15) is 0 Å². The first-order chi connectivity index (χ1) is 16.4. The molecular weight excluding hydrogens is 472 g/mol. The molecule has 1 fully saturated rings. The number of hydrogen-bond acceptors (Lipinski definition) is 5. The highest BCUT2D eigenvalue weighted by Gasteiger charge is 2.35. The fraction of sp³-hybridized carbons (Fsp3) is 0.115. The minimum atomic E-state index is -0.387. The second kappa shape index (κ2) is 10.6. The molecule has 0 radical (unpaired) electrons. The van der Waals surface area contributed by atoms with Gasteiger partial charge in [0, 0.05) is 16.3 Å². The van der Waals surface area contributed by atoms with Gasteiger partial charge in [0.15, 0.2) is 6.61 Å². The van der Waals surface area contributed by atoms with E-state index in [0.717, 1.165) is 22.9 Å². The average Bonchev–Trinajstić information content (AvgIpc) is 3.06. The van der Waals surface area contributed by atoms with Crippen LogP contribution in [0.1, 0.15) is 16.7 Å². The molecule has 8 heteroatoms. The normalized spacial score (nSPS) is 14.5. The number of thioether (sulfide) groups is 1. The molecule has 172 valence electrons. The number of carbonyl (C=O) groups excluding carboxylic acids is 3. The van der Waals surface area contributed by atoms with Crippen LogP contribution in [0.25, 0.3) is 6.08 Å². The van der Waals surface area contributed by atoms with Crippen molar-refractivity contribution in [2.45, 2.75) is 13.5 Å². The first kappa shape index (κ1) is 23.6. The molecule has 0 aliphatic carbocycles. The highest BCUT2D eigenvalue weighted by Crippen LogP contribution is 2.35. The van der Waals surface area contributed by atoms with E-state index in [1.807, 2.05) is 55.5 Å². The van der Waals surface area contributed by atoms with Crippen molar-refractivity contribution in [1.29, 1.82) is 0 Å². The van der Waals surface area contributed by atoms with Gasteiger partial charge in [-0.3, -0.25) is 19.3 Å². The highest BCUT2D eigenvalue weighted by molar-refractivity contribution is 8.18. The molecule has 0 saturated carbocycles. The Morgan fingerprint density at radius 1 is 1.06 bits per heavy atom. The van der Waals surface area contributed by atoms with Crippen molar-refractivity contribution >= 4 is 52.2 Å². The van der Waals surface area contributed by atoms with Gasteiger partial charge in [-0.1, -0.05) is 54.1 Å². The van der Waals surface area contributed by atoms with E-state index in [2.05, 4.69) is 5.32 Å². The summed E-state index contributed by atoms with van der Waals surface area (Å²) in [6.07, 6.45) is 1.57. The van der Waals surface area contributed by atoms with Gasteiger partial charge in [0.05, 0.1) is 11.4 Å². The maximum atomic E-state index is 12.9. The molecule has 34 heavy (non-hydrogen) atoms. The summed E-state index contributed by atoms with van der Waals surface area (Å²) < 4.78 is 5.72. The third-order valence-electron chi connectivity index (χ3n) is 4.98. The molecule has 1 aliphatic heterocycles. The molecule has 0 unspecified atom stereocenters. The number of imide groups is 1. The zero-order valence-corrected chi connectivity index (χ0v) is 19.9. The molecule has 1 aliphatic rings. The van der Waals surface area contributed by atoms with Crippen LogP contribution in [0.3, 0.4) is 0 Å². The summed E-state index contributed by atoms with van der Waals surface area (Å²) in [6, 6.07) is 21.6. The Kier molecular flexibility index (Phi) is 7.35. The van der Waals surface area contributed by atoms with Gasteiger partial charge in [-0.05, 0) is 66.2 Å². The number of halogens is 1. The van der Waals surface area contributed by atoms with Crippen LogP contribution in [0.5, 0.6) is 5.75 Å². The third-order valence-corrected chi connectivity index (χ3v) is 6.12. The van der Waals surface area contributed by atoms with Crippen molar-refractivity contribution in [2.75, 3.05) is 11.9 Å². The second-order valence-electron chi connectivity index (χ2n) is 7.64. The molecule has 3 aromatic carbocycles. The van der Waals surface area contributed by atoms with E-state index >= 15 is 0 Å². The number of amides is 3. The molecule has 1 saturated heterocycles. The van der Waals surface area contributed by atoms with E-state index in [1.165, 1.54) is 4.90 Å². The Labute approximate surface area is 206 Å². The largest absolute Gasteiger partial charge is 0.483 e. The minimum Gasteiger partial charge on any atom is -0.483 e. The molecule has 1 heterocycles. The van der Waals surface area contributed by atoms with Crippen LogP contribution >= 0.6 is 23.4 Å². The van der Waals surface area contributed by atoms with Gasteiger partial charge >= 0.3 is 0 Å². The number of aryl methyl sites for hydroxylation is 1. The number of anilines is 1. The Balaban J connectivity index is 1.48. The van der Waals surface area contributed by atoms with Crippen molar-refractivity contribution in [2.24, 2.45) is 0 Å². The Bertz CT molecular complexity index is 1280. The predicted octanol–water partition coefficient (Wildman–Crippen LogP) is 5.90. The standard InChI is InChI=1S/C26H21ClN2O4S/c1-17-6-5-9-21(12-17)28-24(30)16-33-22-11-10-20(27)13-19(22)14-23-25(31)29(26(32)34-23)15-18-7-3-2-4-8-18/h2-14H,15-16H2,1H3,(H,28,30)/b23-14-. The smallest absolute Gasteiger partial charge is 0.293 e. The summed E-state index contributed by atoms with van der Waals surface area (Å²) in [6.45, 7) is 1.90. The molecule has 0 aromatic heterocycles. The fourth-order valence-electron chi connectivity index (χ4n) is 3.37. The third kappa shape index (κ3) is 5.87. The molecular formula is C26H21ClN2O4S.